The van der Waals surface area contributed by atoms with Crippen LogP contribution in [0.25, 0.3) is 10.8 Å². The van der Waals surface area contributed by atoms with Crippen molar-refractivity contribution in [3.63, 3.8) is 0 Å². The summed E-state index contributed by atoms with van der Waals surface area (Å²) in [6.45, 7) is 7.72. The fourth-order valence-electron chi connectivity index (χ4n) is 5.50. The number of amides is 3. The third-order valence-electron chi connectivity index (χ3n) is 7.23. The molecule has 2 aromatic rings. The number of hydrogen-bond donors (Lipinski definition) is 0. The van der Waals surface area contributed by atoms with Crippen molar-refractivity contribution in [1.29, 1.82) is 0 Å². The van der Waals surface area contributed by atoms with Crippen LogP contribution in [0.3, 0.4) is 0 Å². The third kappa shape index (κ3) is 3.78. The van der Waals surface area contributed by atoms with Crippen molar-refractivity contribution in [3.05, 3.63) is 42.5 Å². The molecule has 3 aliphatic heterocycles. The largest absolute Gasteiger partial charge is 0.368 e. The summed E-state index contributed by atoms with van der Waals surface area (Å²) < 4.78 is 0. The van der Waals surface area contributed by atoms with Crippen LogP contribution < -0.4 is 4.90 Å². The number of hydrogen-bond acceptors (Lipinski definition) is 4. The van der Waals surface area contributed by atoms with E-state index in [0.717, 1.165) is 58.4 Å². The summed E-state index contributed by atoms with van der Waals surface area (Å²) in [6, 6.07) is 15.4. The van der Waals surface area contributed by atoms with Crippen molar-refractivity contribution in [2.45, 2.75) is 44.7 Å². The Morgan fingerprint density at radius 2 is 1.74 bits per heavy atom. The van der Waals surface area contributed by atoms with E-state index in [2.05, 4.69) is 59.2 Å². The van der Waals surface area contributed by atoms with Crippen molar-refractivity contribution in [3.8, 4) is 0 Å². The summed E-state index contributed by atoms with van der Waals surface area (Å²) in [4.78, 5) is 33.2. The molecule has 0 N–H and O–H groups in total. The first kappa shape index (κ1) is 20.3. The van der Waals surface area contributed by atoms with Crippen LogP contribution >= 0.6 is 0 Å². The molecule has 0 spiro atoms. The molecule has 6 nitrogen and oxygen atoms in total. The molecule has 3 heterocycles. The van der Waals surface area contributed by atoms with Crippen molar-refractivity contribution < 1.29 is 9.59 Å². The normalized spacial score (nSPS) is 24.5. The Bertz CT molecular complexity index is 950. The van der Waals surface area contributed by atoms with E-state index in [1.807, 2.05) is 0 Å². The molecule has 0 aliphatic carbocycles. The second-order valence-corrected chi connectivity index (χ2v) is 9.16. The van der Waals surface area contributed by atoms with Gasteiger partial charge in [-0.3, -0.25) is 14.6 Å². The second kappa shape index (κ2) is 8.50. The molecule has 3 aliphatic rings. The Kier molecular flexibility index (Phi) is 5.57. The Morgan fingerprint density at radius 1 is 0.935 bits per heavy atom. The van der Waals surface area contributed by atoms with Gasteiger partial charge in [0, 0.05) is 49.8 Å². The van der Waals surface area contributed by atoms with Crippen LogP contribution in [0.2, 0.25) is 0 Å². The van der Waals surface area contributed by atoms with Gasteiger partial charge in [0.15, 0.2) is 0 Å². The predicted molar refractivity (Wildman–Crippen MR) is 123 cm³/mol. The topological polar surface area (TPSA) is 47.1 Å². The molecule has 3 saturated heterocycles. The molecule has 0 bridgehead atoms. The fourth-order valence-corrected chi connectivity index (χ4v) is 5.50. The molecule has 0 radical (unpaired) electrons. The van der Waals surface area contributed by atoms with E-state index in [4.69, 9.17) is 0 Å². The van der Waals surface area contributed by atoms with Crippen LogP contribution in [0.15, 0.2) is 42.5 Å². The number of carbonyl (C=O) groups excluding carboxylic acids is 2. The van der Waals surface area contributed by atoms with Crippen LogP contribution in [0, 0.1) is 0 Å². The molecule has 0 saturated carbocycles. The quantitative estimate of drug-likeness (QED) is 0.530. The van der Waals surface area contributed by atoms with Crippen LogP contribution in [0.5, 0.6) is 0 Å². The van der Waals surface area contributed by atoms with Gasteiger partial charge in [-0.1, -0.05) is 36.4 Å². The van der Waals surface area contributed by atoms with Gasteiger partial charge in [0.2, 0.25) is 0 Å². The van der Waals surface area contributed by atoms with Gasteiger partial charge in [0.1, 0.15) is 6.04 Å². The molecule has 3 fully saturated rings. The minimum Gasteiger partial charge on any atom is -0.368 e. The van der Waals surface area contributed by atoms with Gasteiger partial charge >= 0.3 is 6.03 Å². The maximum absolute atomic E-state index is 12.5. The minimum absolute atomic E-state index is 0.0274. The molecular formula is C25H32N4O2. The van der Waals surface area contributed by atoms with Gasteiger partial charge in [0.25, 0.3) is 5.91 Å². The fraction of sp³-hybridized carbons (Fsp3) is 0.520. The van der Waals surface area contributed by atoms with Crippen LogP contribution in [0.4, 0.5) is 10.5 Å². The summed E-state index contributed by atoms with van der Waals surface area (Å²) in [6.07, 6.45) is 3.69. The van der Waals surface area contributed by atoms with Gasteiger partial charge < -0.3 is 9.80 Å². The molecular weight excluding hydrogens is 388 g/mol. The number of carbonyl (C=O) groups is 2. The zero-order chi connectivity index (χ0) is 21.4. The SMILES string of the molecule is CC1CN(c2cccc3ccccc23)CCN1CCCCN1C(=O)C2CCCN2C1=O. The number of benzene rings is 2. The molecule has 5 rings (SSSR count). The first-order valence-corrected chi connectivity index (χ1v) is 11.7. The Labute approximate surface area is 184 Å². The van der Waals surface area contributed by atoms with Crippen LogP contribution in [-0.2, 0) is 4.79 Å². The maximum atomic E-state index is 12.5. The summed E-state index contributed by atoms with van der Waals surface area (Å²) in [5.74, 6) is 0.0274. The molecule has 0 aromatic heterocycles. The molecule has 2 unspecified atom stereocenters. The predicted octanol–water partition coefficient (Wildman–Crippen LogP) is 3.56. The standard InChI is InChI=1S/C25H32N4O2/c1-19-18-27(22-11-6-9-20-8-2-3-10-21(20)22)17-16-26(19)13-4-5-14-29-24(30)23-12-7-15-28(23)25(29)31/h2-3,6,8-11,19,23H,4-5,7,12-18H2,1H3. The van der Waals surface area contributed by atoms with E-state index in [0.29, 0.717) is 12.6 Å². The first-order valence-electron chi connectivity index (χ1n) is 11.7. The van der Waals surface area contributed by atoms with Crippen molar-refractivity contribution in [1.82, 2.24) is 14.7 Å². The number of nitrogens with zero attached hydrogens (tertiary/aromatic N) is 4. The van der Waals surface area contributed by atoms with E-state index in [1.54, 1.807) is 4.90 Å². The van der Waals surface area contributed by atoms with E-state index in [-0.39, 0.29) is 18.0 Å². The lowest BCUT2D eigenvalue weighted by atomic mass is 10.1. The lowest BCUT2D eigenvalue weighted by Crippen LogP contribution is -2.52. The highest BCUT2D eigenvalue weighted by molar-refractivity contribution is 6.04. The number of piperazine rings is 1. The summed E-state index contributed by atoms with van der Waals surface area (Å²) in [5.41, 5.74) is 1.33. The lowest BCUT2D eigenvalue weighted by molar-refractivity contribution is -0.128. The monoisotopic (exact) mass is 420 g/mol. The van der Waals surface area contributed by atoms with Crippen LogP contribution in [-0.4, -0.2) is 78.0 Å². The van der Waals surface area contributed by atoms with Crippen molar-refractivity contribution in [2.24, 2.45) is 0 Å². The zero-order valence-electron chi connectivity index (χ0n) is 18.4. The van der Waals surface area contributed by atoms with Gasteiger partial charge in [-0.2, -0.15) is 0 Å². The number of fused-ring (bicyclic) bond motifs is 2. The minimum atomic E-state index is -0.172. The summed E-state index contributed by atoms with van der Waals surface area (Å²) in [7, 11) is 0. The highest BCUT2D eigenvalue weighted by Gasteiger charge is 2.46. The van der Waals surface area contributed by atoms with Gasteiger partial charge in [-0.25, -0.2) is 4.79 Å². The number of anilines is 1. The smallest absolute Gasteiger partial charge is 0.327 e. The zero-order valence-corrected chi connectivity index (χ0v) is 18.4. The highest BCUT2D eigenvalue weighted by atomic mass is 16.2. The van der Waals surface area contributed by atoms with E-state index in [9.17, 15) is 9.59 Å². The average Bonchev–Trinajstić information content (AvgIpc) is 3.36. The second-order valence-electron chi connectivity index (χ2n) is 9.16. The summed E-state index contributed by atoms with van der Waals surface area (Å²) in [5, 5.41) is 2.62. The molecule has 2 aromatic carbocycles. The number of imide groups is 1. The van der Waals surface area contributed by atoms with Crippen molar-refractivity contribution >= 4 is 28.4 Å². The maximum Gasteiger partial charge on any atom is 0.327 e. The van der Waals surface area contributed by atoms with E-state index in [1.165, 1.54) is 21.4 Å². The highest BCUT2D eigenvalue weighted by Crippen LogP contribution is 2.29. The molecule has 164 valence electrons. The van der Waals surface area contributed by atoms with E-state index < -0.39 is 0 Å². The molecule has 2 atom stereocenters. The molecule has 3 amide bonds. The first-order chi connectivity index (χ1) is 15.1. The molecule has 6 heteroatoms. The Hall–Kier alpha value is -2.60. The van der Waals surface area contributed by atoms with Gasteiger partial charge in [-0.05, 0) is 50.6 Å². The lowest BCUT2D eigenvalue weighted by Gasteiger charge is -2.41. The third-order valence-corrected chi connectivity index (χ3v) is 7.23. The van der Waals surface area contributed by atoms with Crippen LogP contribution in [0.1, 0.15) is 32.6 Å². The molecule has 31 heavy (non-hydrogen) atoms. The van der Waals surface area contributed by atoms with Gasteiger partial charge in [-0.15, -0.1) is 0 Å². The number of unbranched alkanes of at least 4 members (excludes halogenated alkanes) is 1. The number of rotatable bonds is 6. The Balaban J connectivity index is 1.12. The average molecular weight is 421 g/mol. The Morgan fingerprint density at radius 3 is 2.58 bits per heavy atom. The number of urea groups is 1. The van der Waals surface area contributed by atoms with Crippen molar-refractivity contribution in [2.75, 3.05) is 44.2 Å². The van der Waals surface area contributed by atoms with E-state index >= 15 is 0 Å². The summed E-state index contributed by atoms with van der Waals surface area (Å²) >= 11 is 0. The van der Waals surface area contributed by atoms with Gasteiger partial charge in [0.05, 0.1) is 0 Å².